The highest BCUT2D eigenvalue weighted by molar-refractivity contribution is 7.89. The predicted octanol–water partition coefficient (Wildman–Crippen LogP) is 2.85. The van der Waals surface area contributed by atoms with E-state index in [1.54, 1.807) is 60.2 Å². The van der Waals surface area contributed by atoms with Crippen LogP contribution in [0.3, 0.4) is 0 Å². The summed E-state index contributed by atoms with van der Waals surface area (Å²) in [6.45, 7) is 1.06. The van der Waals surface area contributed by atoms with E-state index in [0.717, 1.165) is 12.0 Å². The molecule has 1 N–H and O–H groups in total. The van der Waals surface area contributed by atoms with Crippen molar-refractivity contribution in [1.29, 1.82) is 0 Å². The average molecular weight is 494 g/mol. The van der Waals surface area contributed by atoms with Crippen molar-refractivity contribution in [3.8, 4) is 5.75 Å². The molecule has 182 valence electrons. The van der Waals surface area contributed by atoms with Gasteiger partial charge in [0.2, 0.25) is 15.9 Å². The summed E-state index contributed by atoms with van der Waals surface area (Å²) in [7, 11) is -2.06. The SMILES string of the molecule is COc1ccc(CC(=O)Nc2ccc(=O)n3c2[C@H]2C[C@@H](CN(S(=O)(=O)c4ccccc4)C2)C3)cc1. The number of piperidine rings is 1. The Kier molecular flexibility index (Phi) is 6.21. The molecule has 0 aliphatic carbocycles. The minimum atomic E-state index is -3.65. The molecule has 8 nitrogen and oxygen atoms in total. The zero-order chi connectivity index (χ0) is 24.6. The lowest BCUT2D eigenvalue weighted by atomic mass is 9.83. The van der Waals surface area contributed by atoms with Crippen LogP contribution in [0.5, 0.6) is 5.75 Å². The van der Waals surface area contributed by atoms with E-state index in [1.807, 2.05) is 12.1 Å². The van der Waals surface area contributed by atoms with E-state index in [1.165, 1.54) is 10.4 Å². The monoisotopic (exact) mass is 493 g/mol. The van der Waals surface area contributed by atoms with E-state index in [2.05, 4.69) is 5.32 Å². The van der Waals surface area contributed by atoms with Crippen molar-refractivity contribution >= 4 is 21.6 Å². The number of rotatable bonds is 6. The Morgan fingerprint density at radius 3 is 2.46 bits per heavy atom. The fourth-order valence-corrected chi connectivity index (χ4v) is 6.72. The summed E-state index contributed by atoms with van der Waals surface area (Å²) in [5.41, 5.74) is 1.96. The molecule has 35 heavy (non-hydrogen) atoms. The Hall–Kier alpha value is -3.43. The van der Waals surface area contributed by atoms with E-state index >= 15 is 0 Å². The molecule has 1 aromatic heterocycles. The smallest absolute Gasteiger partial charge is 0.250 e. The summed E-state index contributed by atoms with van der Waals surface area (Å²) in [6, 6.07) is 18.8. The first-order valence-electron chi connectivity index (χ1n) is 11.6. The molecule has 0 unspecified atom stereocenters. The number of benzene rings is 2. The molecule has 0 spiro atoms. The fraction of sp³-hybridized carbons (Fsp3) is 0.308. The predicted molar refractivity (Wildman–Crippen MR) is 132 cm³/mol. The molecule has 3 heterocycles. The molecule has 1 saturated heterocycles. The van der Waals surface area contributed by atoms with Gasteiger partial charge in [-0.3, -0.25) is 9.59 Å². The van der Waals surface area contributed by atoms with E-state index in [4.69, 9.17) is 4.74 Å². The van der Waals surface area contributed by atoms with Crippen LogP contribution in [-0.2, 0) is 27.8 Å². The number of nitrogens with one attached hydrogen (secondary N) is 1. The van der Waals surface area contributed by atoms with Gasteiger partial charge in [-0.2, -0.15) is 4.31 Å². The van der Waals surface area contributed by atoms with Crippen molar-refractivity contribution in [3.05, 3.63) is 88.3 Å². The van der Waals surface area contributed by atoms with Crippen LogP contribution in [-0.4, -0.2) is 43.4 Å². The summed E-state index contributed by atoms with van der Waals surface area (Å²) < 4.78 is 35.0. The molecule has 1 fully saturated rings. The van der Waals surface area contributed by atoms with Gasteiger partial charge in [0.05, 0.1) is 24.1 Å². The summed E-state index contributed by atoms with van der Waals surface area (Å²) in [5, 5.41) is 2.96. The summed E-state index contributed by atoms with van der Waals surface area (Å²) in [6.07, 6.45) is 0.940. The van der Waals surface area contributed by atoms with Crippen LogP contribution in [0.2, 0.25) is 0 Å². The van der Waals surface area contributed by atoms with Gasteiger partial charge in [-0.15, -0.1) is 0 Å². The first-order valence-corrected chi connectivity index (χ1v) is 13.0. The lowest BCUT2D eigenvalue weighted by Gasteiger charge is -2.42. The van der Waals surface area contributed by atoms with Crippen molar-refractivity contribution in [2.75, 3.05) is 25.5 Å². The average Bonchev–Trinajstić information content (AvgIpc) is 2.86. The Labute approximate surface area is 204 Å². The Morgan fingerprint density at radius 2 is 1.74 bits per heavy atom. The van der Waals surface area contributed by atoms with Crippen molar-refractivity contribution in [3.63, 3.8) is 0 Å². The number of anilines is 1. The first-order chi connectivity index (χ1) is 16.8. The summed E-state index contributed by atoms with van der Waals surface area (Å²) >= 11 is 0. The third-order valence-electron chi connectivity index (χ3n) is 6.74. The van der Waals surface area contributed by atoms with Crippen LogP contribution in [0.15, 0.2) is 76.4 Å². The number of pyridine rings is 1. The van der Waals surface area contributed by atoms with E-state index < -0.39 is 10.0 Å². The Bertz CT molecular complexity index is 1400. The molecule has 2 aromatic carbocycles. The number of aromatic nitrogens is 1. The number of sulfonamides is 1. The second-order valence-electron chi connectivity index (χ2n) is 9.09. The quantitative estimate of drug-likeness (QED) is 0.570. The second-order valence-corrected chi connectivity index (χ2v) is 11.0. The van der Waals surface area contributed by atoms with Gasteiger partial charge in [-0.05, 0) is 48.2 Å². The maximum Gasteiger partial charge on any atom is 0.250 e. The highest BCUT2D eigenvalue weighted by atomic mass is 32.2. The van der Waals surface area contributed by atoms with Gasteiger partial charge in [0.15, 0.2) is 0 Å². The summed E-state index contributed by atoms with van der Waals surface area (Å²) in [5.74, 6) is 0.352. The van der Waals surface area contributed by atoms with Crippen molar-refractivity contribution in [1.82, 2.24) is 8.87 Å². The fourth-order valence-electron chi connectivity index (χ4n) is 5.14. The lowest BCUT2D eigenvalue weighted by molar-refractivity contribution is -0.115. The number of hydrogen-bond acceptors (Lipinski definition) is 5. The molecule has 2 bridgehead atoms. The molecule has 0 radical (unpaired) electrons. The molecular formula is C26H27N3O5S. The number of carbonyl (C=O) groups is 1. The van der Waals surface area contributed by atoms with E-state index in [9.17, 15) is 18.0 Å². The van der Waals surface area contributed by atoms with Gasteiger partial charge in [0.1, 0.15) is 5.75 Å². The van der Waals surface area contributed by atoms with Crippen molar-refractivity contribution in [2.45, 2.75) is 30.2 Å². The van der Waals surface area contributed by atoms with Gasteiger partial charge in [-0.1, -0.05) is 30.3 Å². The molecular weight excluding hydrogens is 466 g/mol. The molecule has 2 aliphatic rings. The number of methoxy groups -OCH3 is 1. The molecule has 9 heteroatoms. The van der Waals surface area contributed by atoms with Crippen molar-refractivity contribution in [2.24, 2.45) is 5.92 Å². The molecule has 3 aromatic rings. The van der Waals surface area contributed by atoms with Crippen LogP contribution in [0.4, 0.5) is 5.69 Å². The van der Waals surface area contributed by atoms with Gasteiger partial charge in [0.25, 0.3) is 5.56 Å². The Morgan fingerprint density at radius 1 is 1.00 bits per heavy atom. The van der Waals surface area contributed by atoms with Crippen LogP contribution in [0, 0.1) is 5.92 Å². The van der Waals surface area contributed by atoms with Gasteiger partial charge in [-0.25, -0.2) is 8.42 Å². The first kappa shape index (κ1) is 23.3. The number of amides is 1. The molecule has 0 saturated carbocycles. The molecule has 5 rings (SSSR count). The summed E-state index contributed by atoms with van der Waals surface area (Å²) in [4.78, 5) is 25.8. The zero-order valence-corrected chi connectivity index (χ0v) is 20.2. The normalized spacial score (nSPS) is 19.6. The molecule has 2 atom stereocenters. The number of carbonyl (C=O) groups excluding carboxylic acids is 1. The highest BCUT2D eigenvalue weighted by Gasteiger charge is 2.40. The third-order valence-corrected chi connectivity index (χ3v) is 8.58. The van der Waals surface area contributed by atoms with Gasteiger partial charge in [0, 0.05) is 37.3 Å². The zero-order valence-electron chi connectivity index (χ0n) is 19.4. The number of hydrogen-bond donors (Lipinski definition) is 1. The van der Waals surface area contributed by atoms with Gasteiger partial charge < -0.3 is 14.6 Å². The number of nitrogens with zero attached hydrogens (tertiary/aromatic N) is 2. The van der Waals surface area contributed by atoms with Crippen LogP contribution >= 0.6 is 0 Å². The van der Waals surface area contributed by atoms with Crippen LogP contribution < -0.4 is 15.6 Å². The number of fused-ring (bicyclic) bond motifs is 4. The largest absolute Gasteiger partial charge is 0.497 e. The maximum absolute atomic E-state index is 13.3. The minimum absolute atomic E-state index is 0.0303. The lowest BCUT2D eigenvalue weighted by Crippen LogP contribution is -2.49. The maximum atomic E-state index is 13.3. The third kappa shape index (κ3) is 4.61. The molecule has 1 amide bonds. The van der Waals surface area contributed by atoms with Crippen molar-refractivity contribution < 1.29 is 17.9 Å². The second kappa shape index (κ2) is 9.31. The van der Waals surface area contributed by atoms with Crippen LogP contribution in [0.1, 0.15) is 23.6 Å². The molecule has 2 aliphatic heterocycles. The van der Waals surface area contributed by atoms with Crippen LogP contribution in [0.25, 0.3) is 0 Å². The van der Waals surface area contributed by atoms with E-state index in [0.29, 0.717) is 30.2 Å². The topological polar surface area (TPSA) is 97.7 Å². The number of ether oxygens (including phenoxy) is 1. The highest BCUT2D eigenvalue weighted by Crippen LogP contribution is 2.40. The standard InChI is InChI=1S/C26H27N3O5S/c1-34-21-9-7-18(8-10-21)14-24(30)27-23-11-12-25(31)29-16-19-13-20(26(23)29)17-28(15-19)35(32,33)22-5-3-2-4-6-22/h2-12,19-20H,13-17H2,1H3,(H,27,30)/t19-,20-/m0/s1. The van der Waals surface area contributed by atoms with Gasteiger partial charge >= 0.3 is 0 Å². The Balaban J connectivity index is 1.41. The van der Waals surface area contributed by atoms with E-state index in [-0.39, 0.29) is 41.2 Å². The minimum Gasteiger partial charge on any atom is -0.497 e.